The zero-order valence-corrected chi connectivity index (χ0v) is 13.1. The molecule has 0 unspecified atom stereocenters. The topological polar surface area (TPSA) is 108 Å². The number of non-ortho nitro benzene ring substituents is 1. The van der Waals surface area contributed by atoms with E-state index >= 15 is 0 Å². The number of nitro groups is 1. The Kier molecular flexibility index (Phi) is 5.56. The maximum Gasteiger partial charge on any atom is 0.331 e. The number of esters is 1. The Bertz CT molecular complexity index is 777. The molecule has 0 spiro atoms. The van der Waals surface area contributed by atoms with Crippen LogP contribution in [0.4, 0.5) is 5.69 Å². The summed E-state index contributed by atoms with van der Waals surface area (Å²) in [5.74, 6) is -0.209. The molecule has 0 amide bonds. The molecule has 24 heavy (non-hydrogen) atoms. The Balaban J connectivity index is 2.06. The Labute approximate surface area is 137 Å². The van der Waals surface area contributed by atoms with Gasteiger partial charge in [0.25, 0.3) is 11.6 Å². The second kappa shape index (κ2) is 7.82. The summed E-state index contributed by atoms with van der Waals surface area (Å²) < 4.78 is 10.6. The number of benzene rings is 1. The van der Waals surface area contributed by atoms with Gasteiger partial charge in [-0.05, 0) is 26.0 Å². The summed E-state index contributed by atoms with van der Waals surface area (Å²) in [6.07, 6.45) is 5.61. The molecule has 2 rings (SSSR count). The summed E-state index contributed by atoms with van der Waals surface area (Å²) in [5, 5.41) is 18.3. The molecule has 8 heteroatoms. The van der Waals surface area contributed by atoms with Crippen molar-refractivity contribution in [3.8, 4) is 11.5 Å². The van der Waals surface area contributed by atoms with Crippen molar-refractivity contribution in [1.29, 1.82) is 0 Å². The van der Waals surface area contributed by atoms with Crippen LogP contribution < -0.4 is 0 Å². The SMILES string of the molecule is C/C=C/C=C/C(=O)O[C@@H](C)c1nnc(-c2ccc([N+](=O)[O-])cc2)o1. The third-order valence-electron chi connectivity index (χ3n) is 2.94. The molecule has 0 N–H and O–H groups in total. The molecule has 0 saturated carbocycles. The van der Waals surface area contributed by atoms with Gasteiger partial charge in [-0.2, -0.15) is 0 Å². The average molecular weight is 329 g/mol. The van der Waals surface area contributed by atoms with Crippen molar-refractivity contribution >= 4 is 11.7 Å². The lowest BCUT2D eigenvalue weighted by Crippen LogP contribution is -2.06. The number of hydrogen-bond donors (Lipinski definition) is 0. The van der Waals surface area contributed by atoms with E-state index in [9.17, 15) is 14.9 Å². The van der Waals surface area contributed by atoms with E-state index in [1.165, 1.54) is 30.3 Å². The second-order valence-electron chi connectivity index (χ2n) is 4.71. The van der Waals surface area contributed by atoms with E-state index in [-0.39, 0.29) is 17.5 Å². The fraction of sp³-hybridized carbons (Fsp3) is 0.188. The number of allylic oxidation sites excluding steroid dienone is 3. The molecule has 0 saturated heterocycles. The molecular formula is C16H15N3O5. The number of carbonyl (C=O) groups excluding carboxylic acids is 1. The molecule has 1 aromatic carbocycles. The predicted octanol–water partition coefficient (Wildman–Crippen LogP) is 3.38. The Morgan fingerprint density at radius 1 is 1.29 bits per heavy atom. The van der Waals surface area contributed by atoms with Crippen LogP contribution >= 0.6 is 0 Å². The highest BCUT2D eigenvalue weighted by molar-refractivity contribution is 5.82. The highest BCUT2D eigenvalue weighted by Crippen LogP contribution is 2.24. The minimum Gasteiger partial charge on any atom is -0.449 e. The lowest BCUT2D eigenvalue weighted by molar-refractivity contribution is -0.384. The van der Waals surface area contributed by atoms with Crippen LogP contribution in [0.3, 0.4) is 0 Å². The summed E-state index contributed by atoms with van der Waals surface area (Å²) in [6, 6.07) is 5.70. The molecule has 8 nitrogen and oxygen atoms in total. The van der Waals surface area contributed by atoms with Gasteiger partial charge in [-0.1, -0.05) is 18.2 Å². The lowest BCUT2D eigenvalue weighted by Gasteiger charge is -2.06. The number of rotatable bonds is 6. The summed E-state index contributed by atoms with van der Waals surface area (Å²) in [7, 11) is 0. The van der Waals surface area contributed by atoms with Gasteiger partial charge in [0, 0.05) is 23.8 Å². The van der Waals surface area contributed by atoms with Gasteiger partial charge in [0.2, 0.25) is 5.89 Å². The Hall–Kier alpha value is -3.29. The van der Waals surface area contributed by atoms with E-state index in [2.05, 4.69) is 10.2 Å². The molecule has 0 fully saturated rings. The Morgan fingerprint density at radius 3 is 2.62 bits per heavy atom. The average Bonchev–Trinajstić information content (AvgIpc) is 3.05. The lowest BCUT2D eigenvalue weighted by atomic mass is 10.2. The zero-order valence-electron chi connectivity index (χ0n) is 13.1. The highest BCUT2D eigenvalue weighted by atomic mass is 16.6. The monoisotopic (exact) mass is 329 g/mol. The van der Waals surface area contributed by atoms with Crippen LogP contribution in [-0.2, 0) is 9.53 Å². The van der Waals surface area contributed by atoms with E-state index in [0.717, 1.165) is 0 Å². The van der Waals surface area contributed by atoms with E-state index in [0.29, 0.717) is 5.56 Å². The van der Waals surface area contributed by atoms with Gasteiger partial charge >= 0.3 is 5.97 Å². The van der Waals surface area contributed by atoms with Crippen molar-refractivity contribution in [3.05, 3.63) is 64.6 Å². The summed E-state index contributed by atoms with van der Waals surface area (Å²) in [6.45, 7) is 3.44. The number of ether oxygens (including phenoxy) is 1. The number of hydrogen-bond acceptors (Lipinski definition) is 7. The van der Waals surface area contributed by atoms with E-state index in [4.69, 9.17) is 9.15 Å². The first-order valence-electron chi connectivity index (χ1n) is 7.09. The van der Waals surface area contributed by atoms with Gasteiger partial charge in [0.1, 0.15) is 0 Å². The van der Waals surface area contributed by atoms with Gasteiger partial charge in [-0.15, -0.1) is 10.2 Å². The molecule has 0 bridgehead atoms. The number of carbonyl (C=O) groups is 1. The molecule has 0 aliphatic heterocycles. The maximum absolute atomic E-state index is 11.6. The highest BCUT2D eigenvalue weighted by Gasteiger charge is 2.18. The van der Waals surface area contributed by atoms with Crippen molar-refractivity contribution in [2.24, 2.45) is 0 Å². The zero-order chi connectivity index (χ0) is 17.5. The normalized spacial score (nSPS) is 12.6. The second-order valence-corrected chi connectivity index (χ2v) is 4.71. The van der Waals surface area contributed by atoms with E-state index in [1.807, 2.05) is 6.92 Å². The first-order chi connectivity index (χ1) is 11.5. The van der Waals surface area contributed by atoms with Crippen LogP contribution in [0.5, 0.6) is 0 Å². The fourth-order valence-corrected chi connectivity index (χ4v) is 1.75. The molecule has 1 aromatic heterocycles. The predicted molar refractivity (Wildman–Crippen MR) is 84.8 cm³/mol. The van der Waals surface area contributed by atoms with Gasteiger partial charge < -0.3 is 9.15 Å². The first kappa shape index (κ1) is 17.1. The molecule has 1 heterocycles. The van der Waals surface area contributed by atoms with Gasteiger partial charge in [-0.3, -0.25) is 10.1 Å². The van der Waals surface area contributed by atoms with Crippen molar-refractivity contribution < 1.29 is 18.9 Å². The van der Waals surface area contributed by atoms with Crippen LogP contribution in [0, 0.1) is 10.1 Å². The Morgan fingerprint density at radius 2 is 2.00 bits per heavy atom. The molecule has 0 radical (unpaired) electrons. The van der Waals surface area contributed by atoms with Gasteiger partial charge in [0.05, 0.1) is 4.92 Å². The quantitative estimate of drug-likeness (QED) is 0.263. The largest absolute Gasteiger partial charge is 0.449 e. The minimum atomic E-state index is -0.716. The third-order valence-corrected chi connectivity index (χ3v) is 2.94. The molecule has 0 aliphatic rings. The summed E-state index contributed by atoms with van der Waals surface area (Å²) in [4.78, 5) is 21.7. The molecule has 2 aromatic rings. The van der Waals surface area contributed by atoms with Crippen LogP contribution in [0.1, 0.15) is 25.8 Å². The van der Waals surface area contributed by atoms with Crippen molar-refractivity contribution in [1.82, 2.24) is 10.2 Å². The summed E-state index contributed by atoms with van der Waals surface area (Å²) in [5.41, 5.74) is 0.500. The fourth-order valence-electron chi connectivity index (χ4n) is 1.75. The number of nitro benzene ring substituents is 1. The van der Waals surface area contributed by atoms with Crippen LogP contribution in [-0.4, -0.2) is 21.1 Å². The smallest absolute Gasteiger partial charge is 0.331 e. The van der Waals surface area contributed by atoms with Crippen LogP contribution in [0.2, 0.25) is 0 Å². The van der Waals surface area contributed by atoms with E-state index < -0.39 is 17.0 Å². The summed E-state index contributed by atoms with van der Waals surface area (Å²) >= 11 is 0. The van der Waals surface area contributed by atoms with Crippen molar-refractivity contribution in [2.45, 2.75) is 20.0 Å². The molecule has 124 valence electrons. The molecule has 1 atom stereocenters. The van der Waals surface area contributed by atoms with E-state index in [1.54, 1.807) is 25.2 Å². The van der Waals surface area contributed by atoms with Crippen molar-refractivity contribution in [2.75, 3.05) is 0 Å². The maximum atomic E-state index is 11.6. The van der Waals surface area contributed by atoms with Crippen LogP contribution in [0.25, 0.3) is 11.5 Å². The minimum absolute atomic E-state index is 0.0336. The van der Waals surface area contributed by atoms with Gasteiger partial charge in [-0.25, -0.2) is 4.79 Å². The standard InChI is InChI=1S/C16H15N3O5/c1-3-4-5-6-14(20)23-11(2)15-17-18-16(24-15)12-7-9-13(10-8-12)19(21)22/h3-11H,1-2H3/b4-3+,6-5+/t11-/m0/s1. The number of nitrogens with zero attached hydrogens (tertiary/aromatic N) is 3. The van der Waals surface area contributed by atoms with Crippen molar-refractivity contribution in [3.63, 3.8) is 0 Å². The van der Waals surface area contributed by atoms with Crippen LogP contribution in [0.15, 0.2) is 53.0 Å². The third kappa shape index (κ3) is 4.35. The molecule has 0 aliphatic carbocycles. The van der Waals surface area contributed by atoms with Gasteiger partial charge in [0.15, 0.2) is 6.10 Å². The first-order valence-corrected chi connectivity index (χ1v) is 7.09. The number of aromatic nitrogens is 2. The molecular weight excluding hydrogens is 314 g/mol.